The monoisotopic (exact) mass is 432 g/mol. The van der Waals surface area contributed by atoms with E-state index in [1.54, 1.807) is 0 Å². The van der Waals surface area contributed by atoms with Crippen LogP contribution in [0.25, 0.3) is 0 Å². The molecule has 1 heterocycles. The molecule has 2 aliphatic rings. The number of nitro groups is 2. The lowest BCUT2D eigenvalue weighted by atomic mass is 9.80. The van der Waals surface area contributed by atoms with Gasteiger partial charge in [-0.1, -0.05) is 0 Å². The van der Waals surface area contributed by atoms with Gasteiger partial charge in [0.25, 0.3) is 11.4 Å². The average molecular weight is 432 g/mol. The number of anilines is 1. The molecule has 3 amide bonds. The Kier molecular flexibility index (Phi) is 5.95. The zero-order valence-corrected chi connectivity index (χ0v) is 16.8. The number of likely N-dealkylation sites (tertiary alicyclic amines) is 1. The lowest BCUT2D eigenvalue weighted by molar-refractivity contribution is -0.394. The van der Waals surface area contributed by atoms with Gasteiger partial charge < -0.3 is 4.90 Å². The van der Waals surface area contributed by atoms with Crippen LogP contribution >= 0.6 is 0 Å². The SMILES string of the molecule is CN(C)C(=O)CN1C(=O)C2CC/C(=N/Nc3cc([N+](=O)[O-])cc([N+](=O)[O-])c3)CC2C1=O. The number of carbonyl (C=O) groups excluding carboxylic acids is 3. The molecule has 0 bridgehead atoms. The first kappa shape index (κ1) is 21.8. The highest BCUT2D eigenvalue weighted by Gasteiger charge is 2.50. The third-order valence-electron chi connectivity index (χ3n) is 5.31. The van der Waals surface area contributed by atoms with Gasteiger partial charge in [-0.05, 0) is 19.3 Å². The molecule has 13 heteroatoms. The quantitative estimate of drug-likeness (QED) is 0.396. The molecule has 3 rings (SSSR count). The minimum absolute atomic E-state index is 0.0579. The molecule has 0 aromatic heterocycles. The molecular formula is C18H20N6O7. The van der Waals surface area contributed by atoms with E-state index in [4.69, 9.17) is 0 Å². The Morgan fingerprint density at radius 2 is 1.71 bits per heavy atom. The number of hydrazone groups is 1. The largest absolute Gasteiger partial charge is 0.347 e. The minimum Gasteiger partial charge on any atom is -0.347 e. The van der Waals surface area contributed by atoms with Gasteiger partial charge in [-0.2, -0.15) is 5.10 Å². The van der Waals surface area contributed by atoms with Crippen LogP contribution in [0, 0.1) is 32.1 Å². The summed E-state index contributed by atoms with van der Waals surface area (Å²) in [6.07, 6.45) is 0.961. The van der Waals surface area contributed by atoms with Gasteiger partial charge >= 0.3 is 0 Å². The highest BCUT2D eigenvalue weighted by atomic mass is 16.6. The molecule has 2 fully saturated rings. The molecule has 13 nitrogen and oxygen atoms in total. The highest BCUT2D eigenvalue weighted by Crippen LogP contribution is 2.37. The second kappa shape index (κ2) is 8.45. The third kappa shape index (κ3) is 4.49. The second-order valence-electron chi connectivity index (χ2n) is 7.55. The summed E-state index contributed by atoms with van der Waals surface area (Å²) in [6.45, 7) is -0.306. The summed E-state index contributed by atoms with van der Waals surface area (Å²) >= 11 is 0. The highest BCUT2D eigenvalue weighted by molar-refractivity contribution is 6.09. The Balaban J connectivity index is 1.74. The van der Waals surface area contributed by atoms with E-state index in [-0.39, 0.29) is 30.5 Å². The van der Waals surface area contributed by atoms with Gasteiger partial charge in [0.05, 0.1) is 33.4 Å². The number of nitrogens with zero attached hydrogens (tertiary/aromatic N) is 5. The van der Waals surface area contributed by atoms with Crippen molar-refractivity contribution in [3.8, 4) is 0 Å². The van der Waals surface area contributed by atoms with Crippen LogP contribution in [0.1, 0.15) is 19.3 Å². The van der Waals surface area contributed by atoms with Gasteiger partial charge in [0.15, 0.2) is 0 Å². The van der Waals surface area contributed by atoms with Gasteiger partial charge in [0.1, 0.15) is 6.54 Å². The van der Waals surface area contributed by atoms with Crippen molar-refractivity contribution in [3.05, 3.63) is 38.4 Å². The summed E-state index contributed by atoms with van der Waals surface area (Å²) in [6, 6.07) is 3.07. The van der Waals surface area contributed by atoms with Gasteiger partial charge in [0, 0.05) is 31.9 Å². The number of hydrogen-bond acceptors (Lipinski definition) is 9. The molecule has 164 valence electrons. The van der Waals surface area contributed by atoms with E-state index in [1.807, 2.05) is 0 Å². The van der Waals surface area contributed by atoms with Crippen LogP contribution in [-0.2, 0) is 14.4 Å². The molecule has 1 saturated carbocycles. The van der Waals surface area contributed by atoms with Crippen molar-refractivity contribution in [3.63, 3.8) is 0 Å². The molecule has 0 spiro atoms. The molecular weight excluding hydrogens is 412 g/mol. The van der Waals surface area contributed by atoms with Crippen molar-refractivity contribution in [2.75, 3.05) is 26.1 Å². The van der Waals surface area contributed by atoms with E-state index in [0.717, 1.165) is 23.1 Å². The fraction of sp³-hybridized carbons (Fsp3) is 0.444. The maximum Gasteiger partial charge on any atom is 0.278 e. The predicted molar refractivity (Wildman–Crippen MR) is 107 cm³/mol. The molecule has 2 atom stereocenters. The summed E-state index contributed by atoms with van der Waals surface area (Å²) in [5.74, 6) is -2.30. The number of nitro benzene ring substituents is 2. The number of rotatable bonds is 6. The van der Waals surface area contributed by atoms with Crippen LogP contribution in [0.3, 0.4) is 0 Å². The van der Waals surface area contributed by atoms with Crippen molar-refractivity contribution in [1.29, 1.82) is 0 Å². The maximum atomic E-state index is 12.7. The third-order valence-corrected chi connectivity index (χ3v) is 5.31. The zero-order chi connectivity index (χ0) is 22.9. The van der Waals surface area contributed by atoms with Gasteiger partial charge in [-0.3, -0.25) is 44.9 Å². The lowest BCUT2D eigenvalue weighted by Gasteiger charge is -2.22. The molecule has 1 aromatic rings. The molecule has 31 heavy (non-hydrogen) atoms. The van der Waals surface area contributed by atoms with Crippen molar-refractivity contribution in [1.82, 2.24) is 9.80 Å². The Hall–Kier alpha value is -3.90. The number of fused-ring (bicyclic) bond motifs is 1. The molecule has 2 unspecified atom stereocenters. The number of imide groups is 1. The van der Waals surface area contributed by atoms with Crippen molar-refractivity contribution < 1.29 is 24.2 Å². The van der Waals surface area contributed by atoms with Gasteiger partial charge in [-0.15, -0.1) is 0 Å². The van der Waals surface area contributed by atoms with Crippen LogP contribution in [-0.4, -0.2) is 63.7 Å². The van der Waals surface area contributed by atoms with Crippen LogP contribution in [0.2, 0.25) is 0 Å². The number of benzene rings is 1. The fourth-order valence-corrected chi connectivity index (χ4v) is 3.63. The first-order valence-electron chi connectivity index (χ1n) is 9.39. The molecule has 1 aromatic carbocycles. The Labute approximate surface area is 176 Å². The van der Waals surface area contributed by atoms with Crippen LogP contribution in [0.15, 0.2) is 23.3 Å². The zero-order valence-electron chi connectivity index (χ0n) is 16.8. The number of carbonyl (C=O) groups is 3. The number of hydrogen-bond donors (Lipinski definition) is 1. The number of amides is 3. The fourth-order valence-electron chi connectivity index (χ4n) is 3.63. The number of likely N-dealkylation sites (N-methyl/N-ethyl adjacent to an activating group) is 1. The van der Waals surface area contributed by atoms with Crippen molar-refractivity contribution in [2.24, 2.45) is 16.9 Å². The summed E-state index contributed by atoms with van der Waals surface area (Å²) in [4.78, 5) is 59.9. The molecule has 1 aliphatic carbocycles. The van der Waals surface area contributed by atoms with E-state index in [9.17, 15) is 34.6 Å². The van der Waals surface area contributed by atoms with E-state index in [1.165, 1.54) is 19.0 Å². The average Bonchev–Trinajstić information content (AvgIpc) is 2.96. The van der Waals surface area contributed by atoms with Crippen LogP contribution in [0.5, 0.6) is 0 Å². The van der Waals surface area contributed by atoms with E-state index in [0.29, 0.717) is 18.6 Å². The summed E-state index contributed by atoms with van der Waals surface area (Å²) in [7, 11) is 3.07. The van der Waals surface area contributed by atoms with Crippen LogP contribution in [0.4, 0.5) is 17.1 Å². The van der Waals surface area contributed by atoms with Gasteiger partial charge in [-0.25, -0.2) is 0 Å². The molecule has 1 aliphatic heterocycles. The topological polar surface area (TPSA) is 168 Å². The standard InChI is InChI=1S/C18H20N6O7/c1-21(2)16(25)9-22-17(26)14-4-3-10(7-15(14)18(22)27)19-20-11-5-12(23(28)29)8-13(6-11)24(30)31/h5-6,8,14-15,20H,3-4,7,9H2,1-2H3/b19-10-. The van der Waals surface area contributed by atoms with Crippen LogP contribution < -0.4 is 5.43 Å². The molecule has 0 radical (unpaired) electrons. The van der Waals surface area contributed by atoms with E-state index < -0.39 is 39.0 Å². The first-order valence-corrected chi connectivity index (χ1v) is 9.39. The van der Waals surface area contributed by atoms with Gasteiger partial charge in [0.2, 0.25) is 17.7 Å². The first-order chi connectivity index (χ1) is 14.6. The normalized spacial score (nSPS) is 21.7. The molecule has 1 N–H and O–H groups in total. The molecule has 1 saturated heterocycles. The maximum absolute atomic E-state index is 12.7. The Bertz CT molecular complexity index is 973. The number of non-ortho nitro benzene ring substituents is 2. The van der Waals surface area contributed by atoms with Crippen molar-refractivity contribution >= 4 is 40.5 Å². The van der Waals surface area contributed by atoms with Crippen molar-refractivity contribution in [2.45, 2.75) is 19.3 Å². The Morgan fingerprint density at radius 1 is 1.13 bits per heavy atom. The minimum atomic E-state index is -0.747. The summed E-state index contributed by atoms with van der Waals surface area (Å²) in [5.41, 5.74) is 2.27. The van der Waals surface area contributed by atoms with E-state index in [2.05, 4.69) is 10.5 Å². The number of nitrogens with one attached hydrogen (secondary N) is 1. The Morgan fingerprint density at radius 3 is 2.26 bits per heavy atom. The smallest absolute Gasteiger partial charge is 0.278 e. The summed E-state index contributed by atoms with van der Waals surface area (Å²) < 4.78 is 0. The lowest BCUT2D eigenvalue weighted by Crippen LogP contribution is -2.40. The predicted octanol–water partition coefficient (Wildman–Crippen LogP) is 1.14. The summed E-state index contributed by atoms with van der Waals surface area (Å²) in [5, 5.41) is 26.1. The van der Waals surface area contributed by atoms with E-state index >= 15 is 0 Å². The second-order valence-corrected chi connectivity index (χ2v) is 7.55.